The molecule has 0 spiro atoms. The van der Waals surface area contributed by atoms with Gasteiger partial charge in [0.2, 0.25) is 12.3 Å². The van der Waals surface area contributed by atoms with E-state index in [9.17, 15) is 9.59 Å². The van der Waals surface area contributed by atoms with Crippen LogP contribution in [0.15, 0.2) is 54.9 Å². The summed E-state index contributed by atoms with van der Waals surface area (Å²) >= 11 is 0. The van der Waals surface area contributed by atoms with Crippen LogP contribution in [-0.2, 0) is 11.3 Å². The average molecular weight is 350 g/mol. The number of hydrogen-bond donors (Lipinski definition) is 0. The number of ether oxygens (including phenoxy) is 1. The first-order chi connectivity index (χ1) is 9.70. The van der Waals surface area contributed by atoms with Crippen molar-refractivity contribution in [2.75, 3.05) is 6.61 Å². The summed E-state index contributed by atoms with van der Waals surface area (Å²) in [5.41, 5.74) is 1.09. The highest BCUT2D eigenvalue weighted by molar-refractivity contribution is 5.95. The Labute approximate surface area is 134 Å². The zero-order valence-corrected chi connectivity index (χ0v) is 13.2. The minimum Gasteiger partial charge on any atom is -1.00 e. The van der Waals surface area contributed by atoms with E-state index in [2.05, 4.69) is 0 Å². The third-order valence-electron chi connectivity index (χ3n) is 2.79. The number of ketones is 1. The second-order valence-corrected chi connectivity index (χ2v) is 4.27. The van der Waals surface area contributed by atoms with Gasteiger partial charge in [0.15, 0.2) is 12.4 Å². The Morgan fingerprint density at radius 3 is 2.38 bits per heavy atom. The van der Waals surface area contributed by atoms with Crippen molar-refractivity contribution in [3.05, 3.63) is 66.0 Å². The van der Waals surface area contributed by atoms with Crippen molar-refractivity contribution in [1.29, 1.82) is 0 Å². The van der Waals surface area contributed by atoms with E-state index < -0.39 is 0 Å². The molecule has 0 atom stereocenters. The molecule has 0 bridgehead atoms. The van der Waals surface area contributed by atoms with Gasteiger partial charge in [0, 0.05) is 11.6 Å². The van der Waals surface area contributed by atoms with Gasteiger partial charge in [0.25, 0.3) is 0 Å². The Hall–Kier alpha value is -2.01. The molecule has 0 aliphatic heterocycles. The monoisotopic (exact) mass is 349 g/mol. The van der Waals surface area contributed by atoms with Crippen molar-refractivity contribution >= 4 is 11.8 Å². The summed E-state index contributed by atoms with van der Waals surface area (Å²) in [6.45, 7) is 2.28. The summed E-state index contributed by atoms with van der Waals surface area (Å²) in [7, 11) is 0. The first kappa shape index (κ1) is 17.0. The summed E-state index contributed by atoms with van der Waals surface area (Å²) in [6, 6.07) is 12.5. The van der Waals surface area contributed by atoms with Gasteiger partial charge in [0.05, 0.1) is 6.61 Å². The lowest BCUT2D eigenvalue weighted by Crippen LogP contribution is -3.00. The molecule has 0 aliphatic carbocycles. The van der Waals surface area contributed by atoms with Crippen LogP contribution in [0.25, 0.3) is 0 Å². The number of nitrogens with zero attached hydrogens (tertiary/aromatic N) is 1. The fourth-order valence-electron chi connectivity index (χ4n) is 1.84. The standard InChI is InChI=1S/C16H16NO3.BrH/c1-2-20-16(19)14-9-6-10-17(11-14)12-15(18)13-7-4-3-5-8-13;/h3-11H,2,12H2,1H3;1H/q+1;/p-1. The molecule has 0 N–H and O–H groups in total. The Morgan fingerprint density at radius 2 is 1.71 bits per heavy atom. The third kappa shape index (κ3) is 4.79. The van der Waals surface area contributed by atoms with Gasteiger partial charge >= 0.3 is 5.97 Å². The molecule has 2 aromatic rings. The lowest BCUT2D eigenvalue weighted by atomic mass is 10.1. The van der Waals surface area contributed by atoms with Gasteiger partial charge in [-0.2, -0.15) is 4.57 Å². The van der Waals surface area contributed by atoms with E-state index in [0.29, 0.717) is 17.7 Å². The summed E-state index contributed by atoms with van der Waals surface area (Å²) in [5, 5.41) is 0. The quantitative estimate of drug-likeness (QED) is 0.397. The third-order valence-corrected chi connectivity index (χ3v) is 2.79. The topological polar surface area (TPSA) is 47.2 Å². The second-order valence-electron chi connectivity index (χ2n) is 4.27. The molecule has 0 unspecified atom stereocenters. The Kier molecular flexibility index (Phi) is 6.75. The van der Waals surface area contributed by atoms with Crippen LogP contribution in [0.3, 0.4) is 0 Å². The maximum atomic E-state index is 12.1. The van der Waals surface area contributed by atoms with Crippen molar-refractivity contribution in [1.82, 2.24) is 0 Å². The minimum absolute atomic E-state index is 0. The molecule has 0 amide bonds. The number of halogens is 1. The maximum Gasteiger partial charge on any atom is 0.344 e. The van der Waals surface area contributed by atoms with Crippen LogP contribution in [0, 0.1) is 0 Å². The number of carbonyl (C=O) groups is 2. The van der Waals surface area contributed by atoms with Gasteiger partial charge in [0.1, 0.15) is 5.56 Å². The molecule has 1 aromatic carbocycles. The normalized spacial score (nSPS) is 9.57. The van der Waals surface area contributed by atoms with E-state index in [-0.39, 0.29) is 35.3 Å². The van der Waals surface area contributed by atoms with Crippen molar-refractivity contribution in [2.45, 2.75) is 13.5 Å². The average Bonchev–Trinajstić information content (AvgIpc) is 2.48. The summed E-state index contributed by atoms with van der Waals surface area (Å²) in [4.78, 5) is 23.7. The van der Waals surface area contributed by atoms with Crippen LogP contribution < -0.4 is 21.5 Å². The number of hydrogen-bond acceptors (Lipinski definition) is 3. The minimum atomic E-state index is -0.381. The first-order valence-corrected chi connectivity index (χ1v) is 6.45. The number of pyridine rings is 1. The number of benzene rings is 1. The van der Waals surface area contributed by atoms with E-state index in [1.54, 1.807) is 48.1 Å². The van der Waals surface area contributed by atoms with Crippen LogP contribution in [-0.4, -0.2) is 18.4 Å². The molecule has 2 rings (SSSR count). The SMILES string of the molecule is CCOC(=O)c1ccc[n+](CC(=O)c2ccccc2)c1.[Br-]. The molecule has 0 aliphatic rings. The fourth-order valence-corrected chi connectivity index (χ4v) is 1.84. The number of esters is 1. The van der Waals surface area contributed by atoms with Crippen molar-refractivity contribution in [3.8, 4) is 0 Å². The van der Waals surface area contributed by atoms with Crippen molar-refractivity contribution in [2.24, 2.45) is 0 Å². The molecule has 0 fully saturated rings. The summed E-state index contributed by atoms with van der Waals surface area (Å²) in [5.74, 6) is -0.384. The van der Waals surface area contributed by atoms with Gasteiger partial charge in [-0.05, 0) is 13.0 Å². The van der Waals surface area contributed by atoms with Crippen molar-refractivity contribution < 1.29 is 35.9 Å². The molecule has 0 saturated carbocycles. The summed E-state index contributed by atoms with van der Waals surface area (Å²) < 4.78 is 6.62. The van der Waals surface area contributed by atoms with E-state index in [1.165, 1.54) is 0 Å². The van der Waals surface area contributed by atoms with Gasteiger partial charge in [-0.25, -0.2) is 4.79 Å². The van der Waals surface area contributed by atoms with Gasteiger partial charge in [-0.15, -0.1) is 0 Å². The van der Waals surface area contributed by atoms with E-state index in [1.807, 2.05) is 18.2 Å². The molecule has 110 valence electrons. The molecule has 0 radical (unpaired) electrons. The van der Waals surface area contributed by atoms with E-state index in [0.717, 1.165) is 0 Å². The number of rotatable bonds is 5. The highest BCUT2D eigenvalue weighted by Gasteiger charge is 2.15. The predicted molar refractivity (Wildman–Crippen MR) is 73.4 cm³/mol. The van der Waals surface area contributed by atoms with Gasteiger partial charge in [-0.1, -0.05) is 30.3 Å². The molecular formula is C16H16BrNO3. The Balaban J connectivity index is 0.00000220. The Morgan fingerprint density at radius 1 is 1.05 bits per heavy atom. The highest BCUT2D eigenvalue weighted by Crippen LogP contribution is 2.01. The van der Waals surface area contributed by atoms with E-state index >= 15 is 0 Å². The summed E-state index contributed by atoms with van der Waals surface area (Å²) in [6.07, 6.45) is 3.38. The lowest BCUT2D eigenvalue weighted by Gasteiger charge is -2.01. The predicted octanol–water partition coefficient (Wildman–Crippen LogP) is -0.962. The molecule has 0 saturated heterocycles. The molecule has 1 heterocycles. The zero-order valence-electron chi connectivity index (χ0n) is 11.7. The van der Waals surface area contributed by atoms with Crippen LogP contribution >= 0.6 is 0 Å². The molecule has 5 heteroatoms. The van der Waals surface area contributed by atoms with E-state index in [4.69, 9.17) is 4.74 Å². The van der Waals surface area contributed by atoms with Crippen LogP contribution in [0.4, 0.5) is 0 Å². The largest absolute Gasteiger partial charge is 1.00 e. The van der Waals surface area contributed by atoms with Crippen LogP contribution in [0.1, 0.15) is 27.6 Å². The fraction of sp³-hybridized carbons (Fsp3) is 0.188. The van der Waals surface area contributed by atoms with Gasteiger partial charge < -0.3 is 21.7 Å². The lowest BCUT2D eigenvalue weighted by molar-refractivity contribution is -0.683. The maximum absolute atomic E-state index is 12.1. The molecule has 21 heavy (non-hydrogen) atoms. The molecule has 1 aromatic heterocycles. The van der Waals surface area contributed by atoms with Crippen molar-refractivity contribution in [3.63, 3.8) is 0 Å². The van der Waals surface area contributed by atoms with Crippen LogP contribution in [0.2, 0.25) is 0 Å². The molecular weight excluding hydrogens is 334 g/mol. The number of aromatic nitrogens is 1. The first-order valence-electron chi connectivity index (χ1n) is 6.45. The number of carbonyl (C=O) groups excluding carboxylic acids is 2. The molecule has 4 nitrogen and oxygen atoms in total. The van der Waals surface area contributed by atoms with Crippen LogP contribution in [0.5, 0.6) is 0 Å². The second kappa shape index (κ2) is 8.32. The number of Topliss-reactive ketones (excluding diaryl/α,β-unsaturated/α-hetero) is 1. The highest BCUT2D eigenvalue weighted by atomic mass is 79.9. The van der Waals surface area contributed by atoms with Gasteiger partial charge in [-0.3, -0.25) is 4.79 Å². The zero-order chi connectivity index (χ0) is 14.4. The smallest absolute Gasteiger partial charge is 0.344 e. The Bertz CT molecular complexity index is 614.